The van der Waals surface area contributed by atoms with E-state index in [4.69, 9.17) is 0 Å². The van der Waals surface area contributed by atoms with E-state index in [0.29, 0.717) is 11.4 Å². The fourth-order valence-electron chi connectivity index (χ4n) is 2.64. The van der Waals surface area contributed by atoms with Crippen LogP contribution in [0, 0.1) is 6.92 Å². The molecule has 2 heterocycles. The monoisotopic (exact) mass is 346 g/mol. The number of aryl methyl sites for hydroxylation is 1. The molecule has 0 atom stereocenters. The molecule has 0 bridgehead atoms. The average molecular weight is 346 g/mol. The SMILES string of the molecule is Cc1cccc(C(=O)Nc2ccc(N(C)CCc3ccncc3)cn2)c1. The Balaban J connectivity index is 1.58. The first kappa shape index (κ1) is 17.6. The zero-order chi connectivity index (χ0) is 18.4. The molecule has 1 amide bonds. The molecule has 132 valence electrons. The second kappa shape index (κ2) is 8.25. The fraction of sp³-hybridized carbons (Fsp3) is 0.190. The van der Waals surface area contributed by atoms with Crippen molar-refractivity contribution < 1.29 is 4.79 Å². The zero-order valence-electron chi connectivity index (χ0n) is 15.0. The molecule has 0 spiro atoms. The van der Waals surface area contributed by atoms with Crippen molar-refractivity contribution in [2.45, 2.75) is 13.3 Å². The van der Waals surface area contributed by atoms with Gasteiger partial charge in [-0.25, -0.2) is 4.98 Å². The normalized spacial score (nSPS) is 10.4. The van der Waals surface area contributed by atoms with E-state index in [9.17, 15) is 4.79 Å². The first-order valence-electron chi connectivity index (χ1n) is 8.56. The summed E-state index contributed by atoms with van der Waals surface area (Å²) in [5.41, 5.74) is 3.94. The number of carbonyl (C=O) groups excluding carboxylic acids is 1. The van der Waals surface area contributed by atoms with Crippen LogP contribution in [-0.4, -0.2) is 29.5 Å². The molecule has 0 unspecified atom stereocenters. The van der Waals surface area contributed by atoms with E-state index in [1.54, 1.807) is 12.3 Å². The number of anilines is 2. The minimum atomic E-state index is -0.153. The number of nitrogens with one attached hydrogen (secondary N) is 1. The highest BCUT2D eigenvalue weighted by Gasteiger charge is 2.08. The van der Waals surface area contributed by atoms with Crippen LogP contribution in [0.5, 0.6) is 0 Å². The first-order chi connectivity index (χ1) is 12.6. The number of carbonyl (C=O) groups is 1. The van der Waals surface area contributed by atoms with Crippen LogP contribution in [0.4, 0.5) is 11.5 Å². The summed E-state index contributed by atoms with van der Waals surface area (Å²) in [6, 6.07) is 15.3. The number of pyridine rings is 2. The number of nitrogens with zero attached hydrogens (tertiary/aromatic N) is 3. The number of hydrogen-bond donors (Lipinski definition) is 1. The highest BCUT2D eigenvalue weighted by molar-refractivity contribution is 6.03. The molecule has 2 aromatic heterocycles. The minimum absolute atomic E-state index is 0.153. The summed E-state index contributed by atoms with van der Waals surface area (Å²) in [6.07, 6.45) is 6.33. The van der Waals surface area contributed by atoms with Crippen molar-refractivity contribution in [3.8, 4) is 0 Å². The Labute approximate surface area is 153 Å². The summed E-state index contributed by atoms with van der Waals surface area (Å²) in [6.45, 7) is 2.84. The van der Waals surface area contributed by atoms with Gasteiger partial charge in [-0.05, 0) is 55.3 Å². The molecule has 5 nitrogen and oxygen atoms in total. The summed E-state index contributed by atoms with van der Waals surface area (Å²) >= 11 is 0. The lowest BCUT2D eigenvalue weighted by Crippen LogP contribution is -2.20. The van der Waals surface area contributed by atoms with Gasteiger partial charge >= 0.3 is 0 Å². The summed E-state index contributed by atoms with van der Waals surface area (Å²) in [5.74, 6) is 0.391. The highest BCUT2D eigenvalue weighted by atomic mass is 16.1. The molecule has 3 aromatic rings. The van der Waals surface area contributed by atoms with Crippen LogP contribution in [-0.2, 0) is 6.42 Å². The maximum atomic E-state index is 12.3. The lowest BCUT2D eigenvalue weighted by molar-refractivity contribution is 0.102. The van der Waals surface area contributed by atoms with Crippen molar-refractivity contribution in [2.24, 2.45) is 0 Å². The van der Waals surface area contributed by atoms with Crippen LogP contribution in [0.3, 0.4) is 0 Å². The molecular formula is C21H22N4O. The third-order valence-electron chi connectivity index (χ3n) is 4.20. The summed E-state index contributed by atoms with van der Waals surface area (Å²) in [5, 5.41) is 2.83. The zero-order valence-corrected chi connectivity index (χ0v) is 15.0. The molecule has 0 saturated heterocycles. The van der Waals surface area contributed by atoms with Crippen molar-refractivity contribution in [3.63, 3.8) is 0 Å². The molecule has 3 rings (SSSR count). The average Bonchev–Trinajstić information content (AvgIpc) is 2.67. The molecule has 0 aliphatic carbocycles. The van der Waals surface area contributed by atoms with Gasteiger partial charge in [0.05, 0.1) is 11.9 Å². The molecule has 5 heteroatoms. The molecule has 1 aromatic carbocycles. The van der Waals surface area contributed by atoms with Gasteiger partial charge in [-0.1, -0.05) is 17.7 Å². The Morgan fingerprint density at radius 3 is 2.62 bits per heavy atom. The van der Waals surface area contributed by atoms with E-state index >= 15 is 0 Å². The topological polar surface area (TPSA) is 58.1 Å². The predicted molar refractivity (Wildman–Crippen MR) is 105 cm³/mol. The van der Waals surface area contributed by atoms with Crippen molar-refractivity contribution in [1.29, 1.82) is 0 Å². The van der Waals surface area contributed by atoms with Gasteiger partial charge in [0.1, 0.15) is 5.82 Å². The van der Waals surface area contributed by atoms with Crippen molar-refractivity contribution in [2.75, 3.05) is 23.8 Å². The Hall–Kier alpha value is -3.21. The van der Waals surface area contributed by atoms with Gasteiger partial charge < -0.3 is 10.2 Å². The van der Waals surface area contributed by atoms with Crippen LogP contribution in [0.25, 0.3) is 0 Å². The van der Waals surface area contributed by atoms with Gasteiger partial charge in [0.25, 0.3) is 5.91 Å². The van der Waals surface area contributed by atoms with E-state index in [0.717, 1.165) is 24.2 Å². The summed E-state index contributed by atoms with van der Waals surface area (Å²) < 4.78 is 0. The molecule has 1 N–H and O–H groups in total. The van der Waals surface area contributed by atoms with E-state index in [1.807, 2.05) is 68.8 Å². The first-order valence-corrected chi connectivity index (χ1v) is 8.56. The quantitative estimate of drug-likeness (QED) is 0.739. The predicted octanol–water partition coefficient (Wildman–Crippen LogP) is 3.72. The summed E-state index contributed by atoms with van der Waals surface area (Å²) in [4.78, 5) is 22.8. The van der Waals surface area contributed by atoms with Gasteiger partial charge in [0, 0.05) is 31.5 Å². The Morgan fingerprint density at radius 2 is 1.92 bits per heavy atom. The summed E-state index contributed by atoms with van der Waals surface area (Å²) in [7, 11) is 2.03. The van der Waals surface area contributed by atoms with Gasteiger partial charge in [-0.2, -0.15) is 0 Å². The number of amides is 1. The minimum Gasteiger partial charge on any atom is -0.373 e. The second-order valence-electron chi connectivity index (χ2n) is 6.25. The third kappa shape index (κ3) is 4.66. The maximum Gasteiger partial charge on any atom is 0.256 e. The molecule has 0 aliphatic rings. The van der Waals surface area contributed by atoms with Crippen molar-refractivity contribution in [1.82, 2.24) is 9.97 Å². The Bertz CT molecular complexity index is 863. The molecule has 26 heavy (non-hydrogen) atoms. The molecular weight excluding hydrogens is 324 g/mol. The third-order valence-corrected chi connectivity index (χ3v) is 4.20. The van der Waals surface area contributed by atoms with Crippen molar-refractivity contribution >= 4 is 17.4 Å². The fourth-order valence-corrected chi connectivity index (χ4v) is 2.64. The molecule has 0 radical (unpaired) electrons. The van der Waals surface area contributed by atoms with Crippen LogP contribution in [0.1, 0.15) is 21.5 Å². The van der Waals surface area contributed by atoms with Crippen LogP contribution in [0.2, 0.25) is 0 Å². The van der Waals surface area contributed by atoms with E-state index in [2.05, 4.69) is 20.2 Å². The van der Waals surface area contributed by atoms with E-state index in [1.165, 1.54) is 5.56 Å². The molecule has 0 fully saturated rings. The Morgan fingerprint density at radius 1 is 1.12 bits per heavy atom. The number of hydrogen-bond acceptors (Lipinski definition) is 4. The number of likely N-dealkylation sites (N-methyl/N-ethyl adjacent to an activating group) is 1. The van der Waals surface area contributed by atoms with Gasteiger partial charge in [0.2, 0.25) is 0 Å². The van der Waals surface area contributed by atoms with E-state index < -0.39 is 0 Å². The molecule has 0 aliphatic heterocycles. The largest absolute Gasteiger partial charge is 0.373 e. The number of aromatic nitrogens is 2. The lowest BCUT2D eigenvalue weighted by atomic mass is 10.1. The molecule has 0 saturated carbocycles. The van der Waals surface area contributed by atoms with Gasteiger partial charge in [0.15, 0.2) is 0 Å². The smallest absolute Gasteiger partial charge is 0.256 e. The Kier molecular flexibility index (Phi) is 5.59. The van der Waals surface area contributed by atoms with Crippen molar-refractivity contribution in [3.05, 3.63) is 83.8 Å². The van der Waals surface area contributed by atoms with Crippen LogP contribution >= 0.6 is 0 Å². The van der Waals surface area contributed by atoms with Crippen LogP contribution < -0.4 is 10.2 Å². The number of rotatable bonds is 6. The maximum absolute atomic E-state index is 12.3. The highest BCUT2D eigenvalue weighted by Crippen LogP contribution is 2.15. The van der Waals surface area contributed by atoms with Gasteiger partial charge in [-0.3, -0.25) is 9.78 Å². The second-order valence-corrected chi connectivity index (χ2v) is 6.25. The lowest BCUT2D eigenvalue weighted by Gasteiger charge is -2.19. The number of benzene rings is 1. The van der Waals surface area contributed by atoms with E-state index in [-0.39, 0.29) is 5.91 Å². The van der Waals surface area contributed by atoms with Gasteiger partial charge in [-0.15, -0.1) is 0 Å². The van der Waals surface area contributed by atoms with Crippen LogP contribution in [0.15, 0.2) is 67.1 Å². The standard InChI is InChI=1S/C21H22N4O/c1-16-4-3-5-18(14-16)21(26)24-20-7-6-19(15-23-20)25(2)13-10-17-8-11-22-12-9-17/h3-9,11-12,14-15H,10,13H2,1-2H3,(H,23,24,26).